The molecule has 0 bridgehead atoms. The molecule has 4 nitrogen and oxygen atoms in total. The van der Waals surface area contributed by atoms with Gasteiger partial charge in [0, 0.05) is 6.20 Å². The Labute approximate surface area is 75.6 Å². The van der Waals surface area contributed by atoms with Gasteiger partial charge in [-0.05, 0) is 6.07 Å². The van der Waals surface area contributed by atoms with Gasteiger partial charge < -0.3 is 10.2 Å². The zero-order valence-electron chi connectivity index (χ0n) is 6.54. The smallest absolute Gasteiger partial charge is 0.437 e. The van der Waals surface area contributed by atoms with E-state index in [9.17, 15) is 18.0 Å². The van der Waals surface area contributed by atoms with E-state index in [0.717, 1.165) is 0 Å². The second-order valence-electron chi connectivity index (χ2n) is 2.39. The molecular formula is C7H4F3NO3. The predicted octanol–water partition coefficient (Wildman–Crippen LogP) is 1.50. The van der Waals surface area contributed by atoms with Gasteiger partial charge in [-0.2, -0.15) is 13.2 Å². The highest BCUT2D eigenvalue weighted by molar-refractivity contribution is 5.87. The van der Waals surface area contributed by atoms with Crippen LogP contribution in [-0.2, 0) is 6.18 Å². The highest BCUT2D eigenvalue weighted by atomic mass is 19.4. The first kappa shape index (κ1) is 10.3. The third kappa shape index (κ3) is 1.93. The maximum absolute atomic E-state index is 12.0. The molecule has 0 amide bonds. The van der Waals surface area contributed by atoms with Crippen molar-refractivity contribution in [3.8, 4) is 5.75 Å². The van der Waals surface area contributed by atoms with Crippen LogP contribution in [0.15, 0.2) is 12.3 Å². The van der Waals surface area contributed by atoms with Crippen LogP contribution in [0.25, 0.3) is 0 Å². The first-order chi connectivity index (χ1) is 6.32. The number of pyridine rings is 1. The SMILES string of the molecule is O=C(O)c1cnc(C(F)(F)F)c(O)c1. The standard InChI is InChI=1S/C7H4F3NO3/c8-7(9,10)5-4(12)1-3(2-11-5)6(13)14/h1-2,12H,(H,13,14). The number of hydrogen-bond donors (Lipinski definition) is 2. The average molecular weight is 207 g/mol. The lowest BCUT2D eigenvalue weighted by Gasteiger charge is -2.07. The van der Waals surface area contributed by atoms with Gasteiger partial charge in [0.25, 0.3) is 0 Å². The van der Waals surface area contributed by atoms with Gasteiger partial charge in [0.2, 0.25) is 0 Å². The lowest BCUT2D eigenvalue weighted by molar-refractivity contribution is -0.142. The van der Waals surface area contributed by atoms with E-state index in [1.807, 2.05) is 0 Å². The molecule has 2 N–H and O–H groups in total. The largest absolute Gasteiger partial charge is 0.506 e. The van der Waals surface area contributed by atoms with Crippen LogP contribution in [0, 0.1) is 0 Å². The fourth-order valence-corrected chi connectivity index (χ4v) is 0.789. The van der Waals surface area contributed by atoms with Crippen molar-refractivity contribution in [2.75, 3.05) is 0 Å². The second kappa shape index (κ2) is 3.17. The van der Waals surface area contributed by atoms with Crippen molar-refractivity contribution in [3.63, 3.8) is 0 Å². The third-order valence-electron chi connectivity index (χ3n) is 1.38. The molecule has 1 aromatic heterocycles. The van der Waals surface area contributed by atoms with Crippen LogP contribution in [0.5, 0.6) is 5.75 Å². The van der Waals surface area contributed by atoms with Crippen LogP contribution in [0.4, 0.5) is 13.2 Å². The molecule has 1 heterocycles. The number of halogens is 3. The molecule has 0 aliphatic carbocycles. The van der Waals surface area contributed by atoms with E-state index in [1.54, 1.807) is 0 Å². The van der Waals surface area contributed by atoms with E-state index >= 15 is 0 Å². The molecule has 0 saturated heterocycles. The van der Waals surface area contributed by atoms with Gasteiger partial charge in [0.1, 0.15) is 5.75 Å². The Kier molecular flexibility index (Phi) is 2.33. The lowest BCUT2D eigenvalue weighted by Crippen LogP contribution is -2.09. The molecule has 0 fully saturated rings. The summed E-state index contributed by atoms with van der Waals surface area (Å²) in [4.78, 5) is 13.1. The van der Waals surface area contributed by atoms with Crippen LogP contribution in [0.2, 0.25) is 0 Å². The van der Waals surface area contributed by atoms with Crippen LogP contribution in [0.1, 0.15) is 16.1 Å². The molecule has 14 heavy (non-hydrogen) atoms. The average Bonchev–Trinajstić information content (AvgIpc) is 2.01. The number of hydrogen-bond acceptors (Lipinski definition) is 3. The van der Waals surface area contributed by atoms with Crippen molar-refractivity contribution in [3.05, 3.63) is 23.5 Å². The van der Waals surface area contributed by atoms with E-state index in [0.29, 0.717) is 12.3 Å². The highest BCUT2D eigenvalue weighted by Gasteiger charge is 2.36. The highest BCUT2D eigenvalue weighted by Crippen LogP contribution is 2.33. The molecule has 0 aromatic carbocycles. The molecule has 0 aliphatic heterocycles. The van der Waals surface area contributed by atoms with Gasteiger partial charge in [-0.3, -0.25) is 0 Å². The summed E-state index contributed by atoms with van der Waals surface area (Å²) in [6.45, 7) is 0. The van der Waals surface area contributed by atoms with Gasteiger partial charge in [0.05, 0.1) is 5.56 Å². The van der Waals surface area contributed by atoms with Gasteiger partial charge in [-0.1, -0.05) is 0 Å². The molecular weight excluding hydrogens is 203 g/mol. The number of aromatic carboxylic acids is 1. The van der Waals surface area contributed by atoms with Gasteiger partial charge in [-0.15, -0.1) is 0 Å². The van der Waals surface area contributed by atoms with Crippen molar-refractivity contribution >= 4 is 5.97 Å². The number of carboxylic acids is 1. The minimum Gasteiger partial charge on any atom is -0.506 e. The van der Waals surface area contributed by atoms with E-state index in [4.69, 9.17) is 10.2 Å². The number of rotatable bonds is 1. The van der Waals surface area contributed by atoms with Crippen LogP contribution >= 0.6 is 0 Å². The second-order valence-corrected chi connectivity index (χ2v) is 2.39. The Morgan fingerprint density at radius 1 is 1.43 bits per heavy atom. The molecule has 7 heteroatoms. The maximum atomic E-state index is 12.0. The molecule has 1 aromatic rings. The zero-order valence-corrected chi connectivity index (χ0v) is 6.54. The zero-order chi connectivity index (χ0) is 10.9. The Bertz CT molecular complexity index is 375. The summed E-state index contributed by atoms with van der Waals surface area (Å²) in [6, 6.07) is 0.498. The number of carbonyl (C=O) groups is 1. The minimum absolute atomic E-state index is 0.498. The number of carboxylic acid groups (broad SMARTS) is 1. The third-order valence-corrected chi connectivity index (χ3v) is 1.38. The monoisotopic (exact) mass is 207 g/mol. The summed E-state index contributed by atoms with van der Waals surface area (Å²) in [5.41, 5.74) is -2.00. The molecule has 0 atom stereocenters. The van der Waals surface area contributed by atoms with E-state index in [-0.39, 0.29) is 0 Å². The first-order valence-corrected chi connectivity index (χ1v) is 3.32. The number of aromatic nitrogens is 1. The van der Waals surface area contributed by atoms with E-state index in [2.05, 4.69) is 4.98 Å². The first-order valence-electron chi connectivity index (χ1n) is 3.32. The van der Waals surface area contributed by atoms with Gasteiger partial charge >= 0.3 is 12.1 Å². The summed E-state index contributed by atoms with van der Waals surface area (Å²) in [7, 11) is 0. The number of nitrogens with zero attached hydrogens (tertiary/aromatic N) is 1. The minimum atomic E-state index is -4.79. The number of aromatic hydroxyl groups is 1. The topological polar surface area (TPSA) is 70.4 Å². The van der Waals surface area contributed by atoms with Crippen LogP contribution < -0.4 is 0 Å². The van der Waals surface area contributed by atoms with Crippen molar-refractivity contribution in [2.45, 2.75) is 6.18 Å². The Morgan fingerprint density at radius 2 is 2.00 bits per heavy atom. The maximum Gasteiger partial charge on any atom is 0.437 e. The summed E-state index contributed by atoms with van der Waals surface area (Å²) < 4.78 is 36.0. The molecule has 0 radical (unpaired) electrons. The Hall–Kier alpha value is -1.79. The summed E-state index contributed by atoms with van der Waals surface area (Å²) in [5, 5.41) is 17.2. The number of alkyl halides is 3. The van der Waals surface area contributed by atoms with Crippen molar-refractivity contribution < 1.29 is 28.2 Å². The molecule has 1 rings (SSSR count). The quantitative estimate of drug-likeness (QED) is 0.732. The Balaban J connectivity index is 3.21. The van der Waals surface area contributed by atoms with E-state index < -0.39 is 29.2 Å². The van der Waals surface area contributed by atoms with Crippen molar-refractivity contribution in [1.29, 1.82) is 0 Å². The molecule has 76 valence electrons. The predicted molar refractivity (Wildman–Crippen MR) is 37.9 cm³/mol. The summed E-state index contributed by atoms with van der Waals surface area (Å²) >= 11 is 0. The molecule has 0 aliphatic rings. The van der Waals surface area contributed by atoms with Gasteiger partial charge in [0.15, 0.2) is 5.69 Å². The van der Waals surface area contributed by atoms with E-state index in [1.165, 1.54) is 0 Å². The van der Waals surface area contributed by atoms with Crippen molar-refractivity contribution in [2.24, 2.45) is 0 Å². The fraction of sp³-hybridized carbons (Fsp3) is 0.143. The molecule has 0 unspecified atom stereocenters. The van der Waals surface area contributed by atoms with Crippen LogP contribution in [-0.4, -0.2) is 21.2 Å². The fourth-order valence-electron chi connectivity index (χ4n) is 0.789. The lowest BCUT2D eigenvalue weighted by atomic mass is 10.2. The molecule has 0 spiro atoms. The van der Waals surface area contributed by atoms with Crippen LogP contribution in [0.3, 0.4) is 0 Å². The van der Waals surface area contributed by atoms with Gasteiger partial charge in [-0.25, -0.2) is 9.78 Å². The Morgan fingerprint density at radius 3 is 2.36 bits per heavy atom. The molecule has 0 saturated carbocycles. The summed E-state index contributed by atoms with van der Waals surface area (Å²) in [5.74, 6) is -2.65. The summed E-state index contributed by atoms with van der Waals surface area (Å²) in [6.07, 6.45) is -4.26. The van der Waals surface area contributed by atoms with Crippen molar-refractivity contribution in [1.82, 2.24) is 4.98 Å². The normalized spacial score (nSPS) is 11.4.